The first kappa shape index (κ1) is 17.9. The summed E-state index contributed by atoms with van der Waals surface area (Å²) in [5, 5.41) is 12.5. The first-order chi connectivity index (χ1) is 11.3. The van der Waals surface area contributed by atoms with Crippen LogP contribution in [0.3, 0.4) is 0 Å². The molecule has 2 N–H and O–H groups in total. The van der Waals surface area contributed by atoms with Gasteiger partial charge in [-0.25, -0.2) is 4.39 Å². The highest BCUT2D eigenvalue weighted by molar-refractivity contribution is 5.93. The molecule has 0 aliphatic rings. The van der Waals surface area contributed by atoms with Gasteiger partial charge in [-0.05, 0) is 39.0 Å². The van der Waals surface area contributed by atoms with Crippen LogP contribution in [0, 0.1) is 5.82 Å². The lowest BCUT2D eigenvalue weighted by molar-refractivity contribution is -0.0242. The molecule has 0 fully saturated rings. The number of halogens is 1. The number of nitrogens with zero attached hydrogens (tertiary/aromatic N) is 1. The number of carbonyl (C=O) groups excluding carboxylic acids is 1. The number of ether oxygens (including phenoxy) is 1. The normalized spacial score (nSPS) is 12.5. The third-order valence-corrected chi connectivity index (χ3v) is 3.70. The molecule has 5 nitrogen and oxygen atoms in total. The first-order valence-electron chi connectivity index (χ1n) is 7.63. The average molecular weight is 332 g/mol. The van der Waals surface area contributed by atoms with E-state index >= 15 is 0 Å². The van der Waals surface area contributed by atoms with Crippen LogP contribution >= 0.6 is 0 Å². The number of nitrogens with one attached hydrogen (secondary N) is 1. The monoisotopic (exact) mass is 332 g/mol. The maximum Gasteiger partial charge on any atom is 0.253 e. The standard InChI is InChI=1S/C18H21FN2O3/c1-12(18(2,3)23)24-15-7-6-13(16(19)9-15)11-21-17(22)14-5-4-8-20-10-14/h4-10,12,23H,11H2,1-3H3,(H,21,22). The largest absolute Gasteiger partial charge is 0.488 e. The van der Waals surface area contributed by atoms with E-state index in [0.717, 1.165) is 0 Å². The van der Waals surface area contributed by atoms with Crippen LogP contribution in [0.2, 0.25) is 0 Å². The fourth-order valence-corrected chi connectivity index (χ4v) is 1.87. The van der Waals surface area contributed by atoms with Gasteiger partial charge in [0.2, 0.25) is 0 Å². The molecule has 1 amide bonds. The molecule has 1 heterocycles. The van der Waals surface area contributed by atoms with Gasteiger partial charge in [-0.15, -0.1) is 0 Å². The molecule has 24 heavy (non-hydrogen) atoms. The van der Waals surface area contributed by atoms with Gasteiger partial charge in [-0.2, -0.15) is 0 Å². The number of aliphatic hydroxyl groups is 1. The maximum absolute atomic E-state index is 14.1. The molecular weight excluding hydrogens is 311 g/mol. The number of hydrogen-bond acceptors (Lipinski definition) is 4. The van der Waals surface area contributed by atoms with Crippen molar-refractivity contribution in [2.75, 3.05) is 0 Å². The Balaban J connectivity index is 1.99. The third kappa shape index (κ3) is 4.76. The lowest BCUT2D eigenvalue weighted by Crippen LogP contribution is -2.37. The van der Waals surface area contributed by atoms with Crippen molar-refractivity contribution >= 4 is 5.91 Å². The van der Waals surface area contributed by atoms with Gasteiger partial charge in [-0.1, -0.05) is 6.07 Å². The zero-order valence-electron chi connectivity index (χ0n) is 13.9. The second-order valence-corrected chi connectivity index (χ2v) is 6.09. The predicted molar refractivity (Wildman–Crippen MR) is 88.2 cm³/mol. The number of aromatic nitrogens is 1. The minimum atomic E-state index is -1.03. The van der Waals surface area contributed by atoms with Gasteiger partial charge in [-0.3, -0.25) is 9.78 Å². The summed E-state index contributed by atoms with van der Waals surface area (Å²) in [6.45, 7) is 5.01. The summed E-state index contributed by atoms with van der Waals surface area (Å²) in [5.41, 5.74) is -0.278. The molecule has 0 aliphatic heterocycles. The summed E-state index contributed by atoms with van der Waals surface area (Å²) in [6.07, 6.45) is 2.53. The fraction of sp³-hybridized carbons (Fsp3) is 0.333. The summed E-state index contributed by atoms with van der Waals surface area (Å²) in [6, 6.07) is 7.69. The first-order valence-corrected chi connectivity index (χ1v) is 7.63. The molecule has 2 rings (SSSR count). The van der Waals surface area contributed by atoms with Crippen LogP contribution in [-0.4, -0.2) is 27.7 Å². The quantitative estimate of drug-likeness (QED) is 0.853. The highest BCUT2D eigenvalue weighted by atomic mass is 19.1. The Morgan fingerprint density at radius 3 is 2.75 bits per heavy atom. The van der Waals surface area contributed by atoms with Gasteiger partial charge in [0.05, 0.1) is 11.2 Å². The second kappa shape index (κ2) is 7.40. The van der Waals surface area contributed by atoms with Crippen molar-refractivity contribution in [3.05, 3.63) is 59.7 Å². The number of carbonyl (C=O) groups is 1. The van der Waals surface area contributed by atoms with E-state index in [4.69, 9.17) is 4.74 Å². The minimum Gasteiger partial charge on any atom is -0.488 e. The van der Waals surface area contributed by atoms with Crippen molar-refractivity contribution in [2.45, 2.75) is 39.0 Å². The van der Waals surface area contributed by atoms with Crippen LogP contribution in [0.1, 0.15) is 36.7 Å². The van der Waals surface area contributed by atoms with Gasteiger partial charge in [0.25, 0.3) is 5.91 Å². The van der Waals surface area contributed by atoms with Gasteiger partial charge < -0.3 is 15.2 Å². The minimum absolute atomic E-state index is 0.0564. The van der Waals surface area contributed by atoms with Crippen LogP contribution in [0.4, 0.5) is 4.39 Å². The summed E-state index contributed by atoms with van der Waals surface area (Å²) in [4.78, 5) is 15.8. The molecule has 0 radical (unpaired) electrons. The molecule has 1 aromatic carbocycles. The van der Waals surface area contributed by atoms with E-state index in [9.17, 15) is 14.3 Å². The van der Waals surface area contributed by atoms with Crippen molar-refractivity contribution in [3.63, 3.8) is 0 Å². The Hall–Kier alpha value is -2.47. The van der Waals surface area contributed by atoms with Crippen molar-refractivity contribution in [1.82, 2.24) is 10.3 Å². The average Bonchev–Trinajstić information content (AvgIpc) is 2.53. The van der Waals surface area contributed by atoms with E-state index in [1.807, 2.05) is 0 Å². The molecule has 0 spiro atoms. The lowest BCUT2D eigenvalue weighted by Gasteiger charge is -2.26. The van der Waals surface area contributed by atoms with Crippen LogP contribution in [0.25, 0.3) is 0 Å². The molecule has 6 heteroatoms. The summed E-state index contributed by atoms with van der Waals surface area (Å²) >= 11 is 0. The van der Waals surface area contributed by atoms with Gasteiger partial charge >= 0.3 is 0 Å². The Morgan fingerprint density at radius 2 is 2.17 bits per heavy atom. The summed E-state index contributed by atoms with van der Waals surface area (Å²) in [5.74, 6) is -0.482. The van der Waals surface area contributed by atoms with Crippen molar-refractivity contribution in [1.29, 1.82) is 0 Å². The highest BCUT2D eigenvalue weighted by Crippen LogP contribution is 2.21. The van der Waals surface area contributed by atoms with E-state index in [2.05, 4.69) is 10.3 Å². The highest BCUT2D eigenvalue weighted by Gasteiger charge is 2.24. The molecule has 1 unspecified atom stereocenters. The molecule has 128 valence electrons. The van der Waals surface area contributed by atoms with Gasteiger partial charge in [0.1, 0.15) is 17.7 Å². The maximum atomic E-state index is 14.1. The zero-order chi connectivity index (χ0) is 17.7. The molecule has 0 aliphatic carbocycles. The molecule has 1 aromatic heterocycles. The number of benzene rings is 1. The molecule has 0 saturated heterocycles. The number of amides is 1. The van der Waals surface area contributed by atoms with E-state index in [1.165, 1.54) is 12.3 Å². The number of rotatable bonds is 6. The number of pyridine rings is 1. The second-order valence-electron chi connectivity index (χ2n) is 6.09. The number of hydrogen-bond donors (Lipinski definition) is 2. The lowest BCUT2D eigenvalue weighted by atomic mass is 10.0. The molecular formula is C18H21FN2O3. The van der Waals surface area contributed by atoms with Crippen LogP contribution in [0.5, 0.6) is 5.75 Å². The Bertz CT molecular complexity index is 699. The van der Waals surface area contributed by atoms with E-state index in [0.29, 0.717) is 16.9 Å². The molecule has 0 saturated carbocycles. The Kier molecular flexibility index (Phi) is 5.51. The van der Waals surface area contributed by atoms with E-state index < -0.39 is 17.5 Å². The van der Waals surface area contributed by atoms with Crippen molar-refractivity contribution < 1.29 is 19.0 Å². The zero-order valence-corrected chi connectivity index (χ0v) is 13.9. The van der Waals surface area contributed by atoms with E-state index in [-0.39, 0.29) is 12.5 Å². The smallest absolute Gasteiger partial charge is 0.253 e. The fourth-order valence-electron chi connectivity index (χ4n) is 1.87. The van der Waals surface area contributed by atoms with E-state index in [1.54, 1.807) is 51.2 Å². The molecule has 1 atom stereocenters. The van der Waals surface area contributed by atoms with Crippen LogP contribution in [-0.2, 0) is 6.54 Å². The molecule has 2 aromatic rings. The Labute approximate surface area is 140 Å². The topological polar surface area (TPSA) is 71.5 Å². The van der Waals surface area contributed by atoms with Crippen LogP contribution in [0.15, 0.2) is 42.7 Å². The van der Waals surface area contributed by atoms with Gasteiger partial charge in [0.15, 0.2) is 0 Å². The third-order valence-electron chi connectivity index (χ3n) is 3.70. The summed E-state index contributed by atoms with van der Waals surface area (Å²) in [7, 11) is 0. The SMILES string of the molecule is CC(Oc1ccc(CNC(=O)c2cccnc2)c(F)c1)C(C)(C)O. The van der Waals surface area contributed by atoms with Crippen LogP contribution < -0.4 is 10.1 Å². The summed E-state index contributed by atoms with van der Waals surface area (Å²) < 4.78 is 19.7. The van der Waals surface area contributed by atoms with Crippen molar-refractivity contribution in [3.8, 4) is 5.75 Å². The van der Waals surface area contributed by atoms with Crippen molar-refractivity contribution in [2.24, 2.45) is 0 Å². The van der Waals surface area contributed by atoms with Gasteiger partial charge in [0, 0.05) is 30.6 Å². The molecule has 0 bridgehead atoms. The predicted octanol–water partition coefficient (Wildman–Crippen LogP) is 2.69. The Morgan fingerprint density at radius 1 is 1.42 bits per heavy atom.